The molecule has 0 aliphatic carbocycles. The summed E-state index contributed by atoms with van der Waals surface area (Å²) >= 11 is 32.4. The number of Topliss-reactive ketones (excluding diaryl/α,β-unsaturated/α-hetero) is 2. The highest BCUT2D eigenvalue weighted by atomic mass is 35.6. The molecule has 0 amide bonds. The van der Waals surface area contributed by atoms with Gasteiger partial charge in [0.2, 0.25) is 11.6 Å². The zero-order chi connectivity index (χ0) is 47.2. The number of rotatable bonds is 5. The number of aromatic nitrogens is 6. The monoisotopic (exact) mass is 1000 g/mol. The number of aromatic carboxylic acids is 1. The van der Waals surface area contributed by atoms with E-state index >= 15 is 0 Å². The summed E-state index contributed by atoms with van der Waals surface area (Å²) in [6.45, 7) is 5.72. The van der Waals surface area contributed by atoms with E-state index < -0.39 is 35.0 Å². The van der Waals surface area contributed by atoms with Gasteiger partial charge in [-0.15, -0.1) is 12.4 Å². The summed E-state index contributed by atoms with van der Waals surface area (Å²) in [5.74, 6) is -2.20. The molecule has 0 aromatic carbocycles. The van der Waals surface area contributed by atoms with Crippen LogP contribution in [-0.2, 0) is 42.3 Å². The number of halogens is 7. The molecule has 0 radical (unpaired) electrons. The lowest BCUT2D eigenvalue weighted by Crippen LogP contribution is -2.21. The number of carbonyl (C=O) groups excluding carboxylic acids is 2. The van der Waals surface area contributed by atoms with Crippen molar-refractivity contribution >= 4 is 117 Å². The van der Waals surface area contributed by atoms with E-state index in [0.29, 0.717) is 11.4 Å². The molecule has 62 heavy (non-hydrogen) atoms. The number of hydrogen-bond acceptors (Lipinski definition) is 8. The Bertz CT molecular complexity index is 2360. The van der Waals surface area contributed by atoms with Gasteiger partial charge in [0.05, 0.1) is 33.6 Å². The number of ketones is 2. The largest absolute Gasteiger partial charge is 0.477 e. The fraction of sp³-hybridized carbons (Fsp3) is 0.289. The Morgan fingerprint density at radius 3 is 1.27 bits per heavy atom. The molecule has 0 spiro atoms. The minimum Gasteiger partial charge on any atom is -0.477 e. The van der Waals surface area contributed by atoms with Crippen molar-refractivity contribution in [2.24, 2.45) is 42.3 Å². The van der Waals surface area contributed by atoms with Gasteiger partial charge in [0, 0.05) is 102 Å². The fourth-order valence-electron chi connectivity index (χ4n) is 4.68. The maximum absolute atomic E-state index is 11.5. The van der Waals surface area contributed by atoms with Crippen LogP contribution in [0.15, 0.2) is 91.9 Å². The molecular formula is C38H46Cl7N9O8. The molecule has 0 atom stereocenters. The van der Waals surface area contributed by atoms with Crippen molar-refractivity contribution < 1.29 is 29.3 Å². The highest BCUT2D eigenvalue weighted by Crippen LogP contribution is 2.32. The lowest BCUT2D eigenvalue weighted by molar-refractivity contribution is -0.385. The van der Waals surface area contributed by atoms with Crippen LogP contribution in [0.5, 0.6) is 0 Å². The maximum Gasteiger partial charge on any atom is 0.352 e. The predicted octanol–water partition coefficient (Wildman–Crippen LogP) is 9.70. The van der Waals surface area contributed by atoms with Gasteiger partial charge in [0.1, 0.15) is 5.69 Å². The van der Waals surface area contributed by atoms with Gasteiger partial charge >= 0.3 is 5.97 Å². The minimum absolute atomic E-state index is 0. The number of nitro groups is 2. The maximum atomic E-state index is 11.5. The summed E-state index contributed by atoms with van der Waals surface area (Å²) in [7, 11) is 10.6. The van der Waals surface area contributed by atoms with Crippen LogP contribution in [0.4, 0.5) is 17.1 Å². The van der Waals surface area contributed by atoms with Crippen LogP contribution in [0.25, 0.3) is 0 Å². The van der Waals surface area contributed by atoms with Crippen molar-refractivity contribution in [2.75, 3.05) is 5.73 Å². The Morgan fingerprint density at radius 1 is 0.597 bits per heavy atom. The van der Waals surface area contributed by atoms with Crippen LogP contribution >= 0.6 is 82.0 Å². The molecular weight excluding hydrogens is 959 g/mol. The zero-order valence-corrected chi connectivity index (χ0v) is 40.1. The number of aryl methyl sites for hydroxylation is 9. The topological polar surface area (TPSA) is 213 Å². The first-order valence-electron chi connectivity index (χ1n) is 17.2. The number of carbonyl (C=O) groups is 3. The molecule has 0 bridgehead atoms. The Kier molecular flexibility index (Phi) is 23.3. The van der Waals surface area contributed by atoms with Gasteiger partial charge in [0.25, 0.3) is 19.0 Å². The third-order valence-electron chi connectivity index (χ3n) is 7.96. The van der Waals surface area contributed by atoms with Gasteiger partial charge in [-0.3, -0.25) is 29.8 Å². The summed E-state index contributed by atoms with van der Waals surface area (Å²) in [5, 5.41) is 29.1. The van der Waals surface area contributed by atoms with Gasteiger partial charge in [-0.25, -0.2) is 4.79 Å². The Labute approximate surface area is 393 Å². The SMILES string of the molecule is Cc1cc(C(=O)O)n(C)c1.Cc1cc(N)cn1C.Cc1cc([N+](=O)[O-])cn1C.Cl.Cn1cc([N+](=O)[O-])cc1C(=O)C(Cl)(Cl)Cl.Cn1cccc1.Cn1cccc1C(=O)C(Cl)(Cl)Cl. The van der Waals surface area contributed by atoms with Gasteiger partial charge in [-0.05, 0) is 62.7 Å². The van der Waals surface area contributed by atoms with E-state index in [2.05, 4.69) is 0 Å². The van der Waals surface area contributed by atoms with Crippen LogP contribution in [0.1, 0.15) is 48.4 Å². The molecule has 0 saturated carbocycles. The number of nitrogens with two attached hydrogens (primary N) is 1. The lowest BCUT2D eigenvalue weighted by atomic mass is 10.3. The van der Waals surface area contributed by atoms with E-state index in [-0.39, 0.29) is 29.5 Å². The minimum atomic E-state index is -2.11. The van der Waals surface area contributed by atoms with E-state index in [1.54, 1.807) is 71.5 Å². The van der Waals surface area contributed by atoms with Crippen molar-refractivity contribution in [3.63, 3.8) is 0 Å². The average molecular weight is 1010 g/mol. The molecule has 24 heteroatoms. The van der Waals surface area contributed by atoms with Crippen molar-refractivity contribution in [3.8, 4) is 0 Å². The Morgan fingerprint density at radius 2 is 1.03 bits per heavy atom. The van der Waals surface area contributed by atoms with E-state index in [1.165, 1.54) is 29.7 Å². The quantitative estimate of drug-likeness (QED) is 0.0727. The number of nitrogens with zero attached hydrogens (tertiary/aromatic N) is 8. The van der Waals surface area contributed by atoms with Crippen molar-refractivity contribution in [2.45, 2.75) is 28.4 Å². The van der Waals surface area contributed by atoms with Crippen molar-refractivity contribution in [3.05, 3.63) is 146 Å². The number of carboxylic acids is 1. The van der Waals surface area contributed by atoms with Gasteiger partial charge in [-0.2, -0.15) is 0 Å². The number of alkyl halides is 6. The van der Waals surface area contributed by atoms with Gasteiger partial charge in [0.15, 0.2) is 0 Å². The molecule has 6 rings (SSSR count). The standard InChI is InChI=1S/C7H5Cl3N2O3.C7H6Cl3NO.C7H9NO2.C6H8N2O2.C6H10N2.C5H7N.ClH/c1-11-3-4(12(14)15)2-5(11)6(13)7(8,9)10;1-11-4-2-3-5(11)6(12)7(8,9)10;1-5-3-6(7(9)10)8(2)4-5;1-5-3-6(8(9)10)4-7(5)2;1-5-3-6(7)4-8(5)2;1-6-4-2-3-5-6;/h2-3H,1H3;2-4H,1H3;3-4H,1-2H3,(H,9,10);3-4H,1-2H3;3-4H,7H2,1-2H3;2-5H,1H3;1H. The zero-order valence-electron chi connectivity index (χ0n) is 34.8. The molecule has 6 aromatic rings. The number of carboxylic acid groups (broad SMARTS) is 1. The summed E-state index contributed by atoms with van der Waals surface area (Å²) in [5.41, 5.74) is 9.98. The van der Waals surface area contributed by atoms with E-state index in [9.17, 15) is 34.6 Å². The van der Waals surface area contributed by atoms with Crippen molar-refractivity contribution in [1.82, 2.24) is 27.4 Å². The molecule has 6 heterocycles. The summed E-state index contributed by atoms with van der Waals surface area (Å²) < 4.78 is 6.17. The second-order valence-electron chi connectivity index (χ2n) is 13.0. The number of anilines is 1. The predicted molar refractivity (Wildman–Crippen MR) is 248 cm³/mol. The summed E-state index contributed by atoms with van der Waals surface area (Å²) in [6, 6.07) is 13.5. The van der Waals surface area contributed by atoms with Gasteiger partial charge in [-0.1, -0.05) is 69.6 Å². The first-order chi connectivity index (χ1) is 28.0. The third kappa shape index (κ3) is 19.0. The van der Waals surface area contributed by atoms with Crippen LogP contribution < -0.4 is 5.73 Å². The summed E-state index contributed by atoms with van der Waals surface area (Å²) in [4.78, 5) is 52.8. The third-order valence-corrected chi connectivity index (χ3v) is 8.99. The second kappa shape index (κ2) is 25.3. The number of hydrogen-bond donors (Lipinski definition) is 2. The first kappa shape index (κ1) is 57.1. The van der Waals surface area contributed by atoms with Gasteiger partial charge < -0.3 is 38.2 Å². The highest BCUT2D eigenvalue weighted by Gasteiger charge is 2.35. The lowest BCUT2D eigenvalue weighted by Gasteiger charge is -2.09. The van der Waals surface area contributed by atoms with Crippen LogP contribution in [0.2, 0.25) is 0 Å². The average Bonchev–Trinajstić information content (AvgIpc) is 4.01. The molecule has 340 valence electrons. The second-order valence-corrected chi connectivity index (χ2v) is 17.6. The molecule has 6 aromatic heterocycles. The fourth-order valence-corrected chi connectivity index (χ4v) is 5.26. The van der Waals surface area contributed by atoms with Crippen LogP contribution in [-0.4, -0.2) is 67.5 Å². The van der Waals surface area contributed by atoms with E-state index in [1.807, 2.05) is 80.8 Å². The van der Waals surface area contributed by atoms with Crippen LogP contribution in [0, 0.1) is 41.0 Å². The molecule has 3 N–H and O–H groups in total. The molecule has 17 nitrogen and oxygen atoms in total. The van der Waals surface area contributed by atoms with E-state index in [0.717, 1.165) is 23.0 Å². The highest BCUT2D eigenvalue weighted by molar-refractivity contribution is 6.78. The molecule has 0 fully saturated rings. The molecule has 0 aliphatic heterocycles. The van der Waals surface area contributed by atoms with E-state index in [4.69, 9.17) is 80.4 Å². The first-order valence-corrected chi connectivity index (χ1v) is 19.5. The molecule has 0 saturated heterocycles. The molecule has 0 unspecified atom stereocenters. The normalized spacial score (nSPS) is 10.3. The Hall–Kier alpha value is -4.88. The number of nitrogen functional groups attached to an aromatic ring is 1. The summed E-state index contributed by atoms with van der Waals surface area (Å²) in [6.07, 6.45) is 12.1. The van der Waals surface area contributed by atoms with Crippen molar-refractivity contribution in [1.29, 1.82) is 0 Å². The smallest absolute Gasteiger partial charge is 0.352 e. The Balaban J connectivity index is 0.000000731. The molecule has 0 aliphatic rings. The van der Waals surface area contributed by atoms with Crippen LogP contribution in [0.3, 0.4) is 0 Å².